The second-order valence-corrected chi connectivity index (χ2v) is 4.65. The maximum Gasteiger partial charge on any atom is 0.419 e. The van der Waals surface area contributed by atoms with Crippen molar-refractivity contribution in [3.63, 3.8) is 0 Å². The minimum Gasteiger partial charge on any atom is -0.342 e. The van der Waals surface area contributed by atoms with Crippen LogP contribution in [-0.2, 0) is 6.18 Å². The molecule has 19 heavy (non-hydrogen) atoms. The second-order valence-electron chi connectivity index (χ2n) is 4.65. The van der Waals surface area contributed by atoms with E-state index in [0.717, 1.165) is 30.7 Å². The Labute approximate surface area is 106 Å². The van der Waals surface area contributed by atoms with Crippen molar-refractivity contribution in [2.45, 2.75) is 24.9 Å². The first-order valence-electron chi connectivity index (χ1n) is 5.87. The normalized spacial score (nSPS) is 15.8. The monoisotopic (exact) mass is 270 g/mol. The van der Waals surface area contributed by atoms with Crippen LogP contribution in [0.1, 0.15) is 30.0 Å². The zero-order valence-electron chi connectivity index (χ0n) is 9.76. The molecule has 0 radical (unpaired) electrons. The molecule has 0 atom stereocenters. The van der Waals surface area contributed by atoms with Crippen LogP contribution in [0.3, 0.4) is 0 Å². The van der Waals surface area contributed by atoms with Gasteiger partial charge in [0.05, 0.1) is 5.56 Å². The van der Waals surface area contributed by atoms with Gasteiger partial charge in [-0.3, -0.25) is 0 Å². The quantitative estimate of drug-likeness (QED) is 0.817. The molecule has 3 rings (SSSR count). The molecule has 0 aliphatic heterocycles. The third-order valence-corrected chi connectivity index (χ3v) is 3.16. The Morgan fingerprint density at radius 2 is 1.95 bits per heavy atom. The van der Waals surface area contributed by atoms with E-state index in [0.29, 0.717) is 11.7 Å². The number of aromatic nitrogens is 2. The summed E-state index contributed by atoms with van der Waals surface area (Å²) in [6.45, 7) is 0. The lowest BCUT2D eigenvalue weighted by atomic mass is 10.1. The van der Waals surface area contributed by atoms with Gasteiger partial charge in [0.2, 0.25) is 0 Å². The number of halogens is 4. The SMILES string of the molecule is Fc1ccc(-c2ncc(C3CC3)[nH]2)cc1C(F)(F)F. The topological polar surface area (TPSA) is 28.7 Å². The lowest BCUT2D eigenvalue weighted by molar-refractivity contribution is -0.139. The molecular formula is C13H10F4N2. The summed E-state index contributed by atoms with van der Waals surface area (Å²) >= 11 is 0. The number of aromatic amines is 1. The van der Waals surface area contributed by atoms with Crippen LogP contribution in [-0.4, -0.2) is 9.97 Å². The Balaban J connectivity index is 1.99. The maximum atomic E-state index is 13.2. The molecular weight excluding hydrogens is 260 g/mol. The smallest absolute Gasteiger partial charge is 0.342 e. The predicted octanol–water partition coefficient (Wildman–Crippen LogP) is 4.11. The molecule has 0 amide bonds. The average Bonchev–Trinajstić information content (AvgIpc) is 3.07. The predicted molar refractivity (Wildman–Crippen MR) is 61.0 cm³/mol. The van der Waals surface area contributed by atoms with Crippen LogP contribution in [0.25, 0.3) is 11.4 Å². The van der Waals surface area contributed by atoms with Crippen molar-refractivity contribution in [2.24, 2.45) is 0 Å². The molecule has 1 aromatic heterocycles. The van der Waals surface area contributed by atoms with Crippen LogP contribution in [0.5, 0.6) is 0 Å². The molecule has 1 N–H and O–H groups in total. The molecule has 2 aromatic rings. The van der Waals surface area contributed by atoms with Gasteiger partial charge in [-0.05, 0) is 31.0 Å². The number of imidazole rings is 1. The third-order valence-electron chi connectivity index (χ3n) is 3.16. The molecule has 1 heterocycles. The van der Waals surface area contributed by atoms with E-state index in [9.17, 15) is 17.6 Å². The molecule has 100 valence electrons. The van der Waals surface area contributed by atoms with Crippen molar-refractivity contribution < 1.29 is 17.6 Å². The maximum absolute atomic E-state index is 13.2. The first-order chi connectivity index (χ1) is 8.95. The van der Waals surface area contributed by atoms with E-state index in [1.807, 2.05) is 0 Å². The Hall–Kier alpha value is -1.85. The number of nitrogens with one attached hydrogen (secondary N) is 1. The average molecular weight is 270 g/mol. The van der Waals surface area contributed by atoms with E-state index in [1.165, 1.54) is 6.07 Å². The Morgan fingerprint density at radius 3 is 2.58 bits per heavy atom. The number of H-pyrrole nitrogens is 1. The fourth-order valence-electron chi connectivity index (χ4n) is 1.97. The second kappa shape index (κ2) is 4.08. The molecule has 1 aliphatic carbocycles. The van der Waals surface area contributed by atoms with Gasteiger partial charge in [-0.1, -0.05) is 0 Å². The van der Waals surface area contributed by atoms with E-state index in [1.54, 1.807) is 6.20 Å². The van der Waals surface area contributed by atoms with E-state index in [4.69, 9.17) is 0 Å². The highest BCUT2D eigenvalue weighted by molar-refractivity contribution is 5.57. The van der Waals surface area contributed by atoms with Gasteiger partial charge in [-0.15, -0.1) is 0 Å². The number of nitrogens with zero attached hydrogens (tertiary/aromatic N) is 1. The molecule has 0 bridgehead atoms. The Kier molecular flexibility index (Phi) is 2.62. The van der Waals surface area contributed by atoms with Crippen LogP contribution in [0.2, 0.25) is 0 Å². The number of alkyl halides is 3. The Morgan fingerprint density at radius 1 is 1.21 bits per heavy atom. The van der Waals surface area contributed by atoms with E-state index < -0.39 is 17.6 Å². The molecule has 1 aromatic carbocycles. The molecule has 1 saturated carbocycles. The summed E-state index contributed by atoms with van der Waals surface area (Å²) in [5, 5.41) is 0. The van der Waals surface area contributed by atoms with Crippen LogP contribution >= 0.6 is 0 Å². The van der Waals surface area contributed by atoms with Gasteiger partial charge in [-0.2, -0.15) is 13.2 Å². The highest BCUT2D eigenvalue weighted by Crippen LogP contribution is 2.40. The summed E-state index contributed by atoms with van der Waals surface area (Å²) in [4.78, 5) is 7.04. The molecule has 6 heteroatoms. The number of benzene rings is 1. The van der Waals surface area contributed by atoms with E-state index in [-0.39, 0.29) is 5.56 Å². The van der Waals surface area contributed by atoms with Crippen molar-refractivity contribution in [2.75, 3.05) is 0 Å². The highest BCUT2D eigenvalue weighted by atomic mass is 19.4. The highest BCUT2D eigenvalue weighted by Gasteiger charge is 2.34. The zero-order chi connectivity index (χ0) is 13.6. The van der Waals surface area contributed by atoms with Gasteiger partial charge in [0.1, 0.15) is 11.6 Å². The summed E-state index contributed by atoms with van der Waals surface area (Å²) in [5.74, 6) is -0.499. The van der Waals surface area contributed by atoms with Crippen molar-refractivity contribution in [3.8, 4) is 11.4 Å². The minimum atomic E-state index is -4.70. The number of rotatable bonds is 2. The lowest BCUT2D eigenvalue weighted by Gasteiger charge is -2.09. The van der Waals surface area contributed by atoms with Crippen LogP contribution in [0, 0.1) is 5.82 Å². The third kappa shape index (κ3) is 2.34. The van der Waals surface area contributed by atoms with Crippen LogP contribution in [0.4, 0.5) is 17.6 Å². The Bertz CT molecular complexity index is 611. The van der Waals surface area contributed by atoms with Gasteiger partial charge in [0.15, 0.2) is 0 Å². The van der Waals surface area contributed by atoms with Crippen molar-refractivity contribution in [3.05, 3.63) is 41.5 Å². The summed E-state index contributed by atoms with van der Waals surface area (Å²) < 4.78 is 51.0. The lowest BCUT2D eigenvalue weighted by Crippen LogP contribution is -2.08. The van der Waals surface area contributed by atoms with Gasteiger partial charge in [0, 0.05) is 23.4 Å². The molecule has 0 saturated heterocycles. The van der Waals surface area contributed by atoms with Crippen molar-refractivity contribution in [1.29, 1.82) is 0 Å². The standard InChI is InChI=1S/C13H10F4N2/c14-10-4-3-8(5-9(10)13(15,16)17)12-18-6-11(19-12)7-1-2-7/h3-7H,1-2H2,(H,18,19). The minimum absolute atomic E-state index is 0.237. The van der Waals surface area contributed by atoms with Crippen LogP contribution in [0.15, 0.2) is 24.4 Å². The van der Waals surface area contributed by atoms with E-state index in [2.05, 4.69) is 9.97 Å². The van der Waals surface area contributed by atoms with Gasteiger partial charge < -0.3 is 4.98 Å². The van der Waals surface area contributed by atoms with Gasteiger partial charge in [0.25, 0.3) is 0 Å². The fraction of sp³-hybridized carbons (Fsp3) is 0.308. The summed E-state index contributed by atoms with van der Waals surface area (Å²) in [7, 11) is 0. The van der Waals surface area contributed by atoms with Gasteiger partial charge in [-0.25, -0.2) is 9.37 Å². The van der Waals surface area contributed by atoms with Crippen LogP contribution < -0.4 is 0 Å². The molecule has 1 fully saturated rings. The first-order valence-corrected chi connectivity index (χ1v) is 5.87. The van der Waals surface area contributed by atoms with Gasteiger partial charge >= 0.3 is 6.18 Å². The van der Waals surface area contributed by atoms with E-state index >= 15 is 0 Å². The fourth-order valence-corrected chi connectivity index (χ4v) is 1.97. The first kappa shape index (κ1) is 12.2. The number of hydrogen-bond donors (Lipinski definition) is 1. The summed E-state index contributed by atoms with van der Waals surface area (Å²) in [6.07, 6.45) is -0.937. The van der Waals surface area contributed by atoms with Crippen molar-refractivity contribution in [1.82, 2.24) is 9.97 Å². The molecule has 0 unspecified atom stereocenters. The molecule has 0 spiro atoms. The molecule has 2 nitrogen and oxygen atoms in total. The largest absolute Gasteiger partial charge is 0.419 e. The summed E-state index contributed by atoms with van der Waals surface area (Å²) in [5.41, 5.74) is -0.108. The zero-order valence-corrected chi connectivity index (χ0v) is 9.76. The number of hydrogen-bond acceptors (Lipinski definition) is 1. The van der Waals surface area contributed by atoms with Crippen molar-refractivity contribution >= 4 is 0 Å². The molecule has 1 aliphatic rings. The summed E-state index contributed by atoms with van der Waals surface area (Å²) in [6, 6.07) is 2.89.